The number of fused-ring (bicyclic) bond motifs is 2. The maximum atomic E-state index is 3.79. The van der Waals surface area contributed by atoms with Crippen LogP contribution in [0.4, 0.5) is 0 Å². The Bertz CT molecular complexity index is 225. The Morgan fingerprint density at radius 1 is 1.12 bits per heavy atom. The van der Waals surface area contributed by atoms with Crippen molar-refractivity contribution in [2.75, 3.05) is 18.1 Å². The molecule has 4 atom stereocenters. The van der Waals surface area contributed by atoms with Gasteiger partial charge in [-0.3, -0.25) is 0 Å². The largest absolute Gasteiger partial charge is 0.313 e. The number of thioether (sulfide) groups is 1. The van der Waals surface area contributed by atoms with Crippen LogP contribution in [-0.2, 0) is 0 Å². The second kappa shape index (κ2) is 5.30. The average molecular weight is 239 g/mol. The van der Waals surface area contributed by atoms with Crippen molar-refractivity contribution in [2.45, 2.75) is 51.0 Å². The van der Waals surface area contributed by atoms with Crippen molar-refractivity contribution in [3.05, 3.63) is 0 Å². The molecule has 2 heteroatoms. The van der Waals surface area contributed by atoms with Gasteiger partial charge in [0.1, 0.15) is 0 Å². The maximum Gasteiger partial charge on any atom is 0.0158 e. The Labute approximate surface area is 104 Å². The summed E-state index contributed by atoms with van der Waals surface area (Å²) >= 11 is 2.14. The molecule has 1 N–H and O–H groups in total. The lowest BCUT2D eigenvalue weighted by molar-refractivity contribution is 0.305. The van der Waals surface area contributed by atoms with E-state index in [2.05, 4.69) is 17.1 Å². The molecule has 16 heavy (non-hydrogen) atoms. The van der Waals surface area contributed by atoms with Gasteiger partial charge >= 0.3 is 0 Å². The van der Waals surface area contributed by atoms with Crippen LogP contribution in [0, 0.1) is 17.8 Å². The van der Waals surface area contributed by atoms with Crippen LogP contribution in [0.25, 0.3) is 0 Å². The summed E-state index contributed by atoms with van der Waals surface area (Å²) in [6, 6.07) is 0.831. The first kappa shape index (κ1) is 11.4. The number of nitrogens with one attached hydrogen (secondary N) is 1. The van der Waals surface area contributed by atoms with Gasteiger partial charge in [-0.05, 0) is 68.6 Å². The third-order valence-corrected chi connectivity index (χ3v) is 6.21. The molecule has 2 saturated carbocycles. The molecule has 1 nitrogen and oxygen atoms in total. The first-order chi connectivity index (χ1) is 7.92. The van der Waals surface area contributed by atoms with Gasteiger partial charge in [-0.15, -0.1) is 0 Å². The Morgan fingerprint density at radius 2 is 2.12 bits per heavy atom. The van der Waals surface area contributed by atoms with Crippen LogP contribution in [0.3, 0.4) is 0 Å². The second-order valence-electron chi connectivity index (χ2n) is 6.09. The molecule has 0 radical (unpaired) electrons. The molecule has 2 bridgehead atoms. The SMILES string of the molecule is C1CSCC(NCCC2CC3CCC2C3)C1. The van der Waals surface area contributed by atoms with Crippen molar-refractivity contribution in [1.29, 1.82) is 0 Å². The molecule has 3 fully saturated rings. The highest BCUT2D eigenvalue weighted by atomic mass is 32.2. The molecule has 3 aliphatic rings. The van der Waals surface area contributed by atoms with E-state index in [0.717, 1.165) is 23.8 Å². The van der Waals surface area contributed by atoms with E-state index in [0.29, 0.717) is 0 Å². The van der Waals surface area contributed by atoms with Gasteiger partial charge in [0, 0.05) is 11.8 Å². The molecule has 1 aliphatic heterocycles. The minimum Gasteiger partial charge on any atom is -0.313 e. The quantitative estimate of drug-likeness (QED) is 0.808. The smallest absolute Gasteiger partial charge is 0.0158 e. The molecule has 0 aromatic heterocycles. The Balaban J connectivity index is 1.34. The summed E-state index contributed by atoms with van der Waals surface area (Å²) in [6.07, 6.45) is 10.5. The second-order valence-corrected chi connectivity index (χ2v) is 7.24. The summed E-state index contributed by atoms with van der Waals surface area (Å²) in [4.78, 5) is 0. The van der Waals surface area contributed by atoms with E-state index in [4.69, 9.17) is 0 Å². The minimum absolute atomic E-state index is 0.831. The van der Waals surface area contributed by atoms with Crippen LogP contribution in [0.1, 0.15) is 44.9 Å². The van der Waals surface area contributed by atoms with Crippen molar-refractivity contribution in [2.24, 2.45) is 17.8 Å². The van der Waals surface area contributed by atoms with Gasteiger partial charge in [0.05, 0.1) is 0 Å². The molecule has 0 spiro atoms. The maximum absolute atomic E-state index is 3.79. The number of hydrogen-bond acceptors (Lipinski definition) is 2. The molecule has 0 aromatic rings. The minimum atomic E-state index is 0.831. The Morgan fingerprint density at radius 3 is 2.81 bits per heavy atom. The average Bonchev–Trinajstić information content (AvgIpc) is 2.92. The van der Waals surface area contributed by atoms with Crippen LogP contribution in [0.5, 0.6) is 0 Å². The van der Waals surface area contributed by atoms with E-state index in [9.17, 15) is 0 Å². The molecule has 0 aromatic carbocycles. The Hall–Kier alpha value is 0.310. The van der Waals surface area contributed by atoms with Crippen molar-refractivity contribution in [3.63, 3.8) is 0 Å². The molecule has 0 amide bonds. The van der Waals surface area contributed by atoms with Crippen molar-refractivity contribution < 1.29 is 0 Å². The number of rotatable bonds is 4. The summed E-state index contributed by atoms with van der Waals surface area (Å²) < 4.78 is 0. The van der Waals surface area contributed by atoms with E-state index in [-0.39, 0.29) is 0 Å². The van der Waals surface area contributed by atoms with Crippen LogP contribution in [0.15, 0.2) is 0 Å². The highest BCUT2D eigenvalue weighted by Crippen LogP contribution is 2.49. The van der Waals surface area contributed by atoms with Gasteiger partial charge in [-0.25, -0.2) is 0 Å². The van der Waals surface area contributed by atoms with Crippen LogP contribution >= 0.6 is 11.8 Å². The summed E-state index contributed by atoms with van der Waals surface area (Å²) in [5.41, 5.74) is 0. The fourth-order valence-corrected chi connectivity index (χ4v) is 5.21. The third-order valence-electron chi connectivity index (χ3n) is 4.99. The zero-order chi connectivity index (χ0) is 10.8. The predicted molar refractivity (Wildman–Crippen MR) is 71.9 cm³/mol. The van der Waals surface area contributed by atoms with E-state index in [1.54, 1.807) is 25.7 Å². The molecule has 4 unspecified atom stereocenters. The summed E-state index contributed by atoms with van der Waals surface area (Å²) in [5, 5.41) is 3.79. The molecule has 1 heterocycles. The van der Waals surface area contributed by atoms with Gasteiger partial charge in [-0.2, -0.15) is 11.8 Å². The summed E-state index contributed by atoms with van der Waals surface area (Å²) in [7, 11) is 0. The van der Waals surface area contributed by atoms with Gasteiger partial charge in [0.25, 0.3) is 0 Å². The molecule has 3 rings (SSSR count). The van der Waals surface area contributed by atoms with E-state index in [1.807, 2.05) is 0 Å². The van der Waals surface area contributed by atoms with Crippen molar-refractivity contribution in [1.82, 2.24) is 5.32 Å². The molecular formula is C14H25NS. The fourth-order valence-electron chi connectivity index (χ4n) is 4.10. The third kappa shape index (κ3) is 2.59. The highest BCUT2D eigenvalue weighted by molar-refractivity contribution is 7.99. The zero-order valence-electron chi connectivity index (χ0n) is 10.3. The van der Waals surface area contributed by atoms with E-state index < -0.39 is 0 Å². The van der Waals surface area contributed by atoms with Gasteiger partial charge in [-0.1, -0.05) is 6.42 Å². The predicted octanol–water partition coefficient (Wildman–Crippen LogP) is 3.30. The van der Waals surface area contributed by atoms with E-state index >= 15 is 0 Å². The number of hydrogen-bond donors (Lipinski definition) is 1. The van der Waals surface area contributed by atoms with Gasteiger partial charge in [0.15, 0.2) is 0 Å². The lowest BCUT2D eigenvalue weighted by Gasteiger charge is -2.25. The summed E-state index contributed by atoms with van der Waals surface area (Å²) in [5.74, 6) is 6.08. The van der Waals surface area contributed by atoms with Crippen molar-refractivity contribution >= 4 is 11.8 Å². The van der Waals surface area contributed by atoms with Gasteiger partial charge in [0.2, 0.25) is 0 Å². The van der Waals surface area contributed by atoms with Crippen molar-refractivity contribution in [3.8, 4) is 0 Å². The lowest BCUT2D eigenvalue weighted by atomic mass is 9.86. The lowest BCUT2D eigenvalue weighted by Crippen LogP contribution is -2.35. The highest BCUT2D eigenvalue weighted by Gasteiger charge is 2.38. The van der Waals surface area contributed by atoms with Crippen LogP contribution < -0.4 is 5.32 Å². The molecular weight excluding hydrogens is 214 g/mol. The van der Waals surface area contributed by atoms with Crippen LogP contribution in [0.2, 0.25) is 0 Å². The first-order valence-corrected chi connectivity index (χ1v) is 8.38. The van der Waals surface area contributed by atoms with Gasteiger partial charge < -0.3 is 5.32 Å². The normalized spacial score (nSPS) is 42.8. The first-order valence-electron chi connectivity index (χ1n) is 7.23. The van der Waals surface area contributed by atoms with Crippen LogP contribution in [-0.4, -0.2) is 24.1 Å². The topological polar surface area (TPSA) is 12.0 Å². The molecule has 2 aliphatic carbocycles. The molecule has 92 valence electrons. The fraction of sp³-hybridized carbons (Fsp3) is 1.00. The zero-order valence-corrected chi connectivity index (χ0v) is 11.1. The molecule has 1 saturated heterocycles. The monoisotopic (exact) mass is 239 g/mol. The van der Waals surface area contributed by atoms with E-state index in [1.165, 1.54) is 37.3 Å². The Kier molecular flexibility index (Phi) is 3.78. The summed E-state index contributed by atoms with van der Waals surface area (Å²) in [6.45, 7) is 1.29. The standard InChI is InChI=1S/C14H25NS/c1-2-14(10-16-7-1)15-6-5-13-9-11-3-4-12(13)8-11/h11-15H,1-10H2.